The Bertz CT molecular complexity index is 264. The van der Waals surface area contributed by atoms with Crippen LogP contribution in [-0.4, -0.2) is 23.8 Å². The molecule has 1 heterocycles. The number of unbranched alkanes of at least 4 members (excludes halogenated alkanes) is 4. The Kier molecular flexibility index (Phi) is 6.84. The van der Waals surface area contributed by atoms with Crippen molar-refractivity contribution in [2.24, 2.45) is 11.3 Å². The third-order valence-electron chi connectivity index (χ3n) is 3.78. The Morgan fingerprint density at radius 3 is 2.32 bits per heavy atom. The third-order valence-corrected chi connectivity index (χ3v) is 3.78. The highest BCUT2D eigenvalue weighted by atomic mass is 16.6. The van der Waals surface area contributed by atoms with E-state index >= 15 is 0 Å². The average molecular weight is 270 g/mol. The summed E-state index contributed by atoms with van der Waals surface area (Å²) >= 11 is 0. The molecule has 0 aliphatic carbocycles. The smallest absolute Gasteiger partial charge is 0.306 e. The van der Waals surface area contributed by atoms with Crippen LogP contribution in [0.15, 0.2) is 0 Å². The van der Waals surface area contributed by atoms with Crippen molar-refractivity contribution in [3.63, 3.8) is 0 Å². The van der Waals surface area contributed by atoms with Crippen molar-refractivity contribution in [1.29, 1.82) is 0 Å². The zero-order valence-electron chi connectivity index (χ0n) is 12.8. The predicted molar refractivity (Wildman–Crippen MR) is 77.3 cm³/mol. The van der Waals surface area contributed by atoms with Crippen LogP contribution in [0.25, 0.3) is 0 Å². The van der Waals surface area contributed by atoms with E-state index in [0.717, 1.165) is 19.4 Å². The lowest BCUT2D eigenvalue weighted by Crippen LogP contribution is -2.15. The minimum atomic E-state index is -0.650. The van der Waals surface area contributed by atoms with E-state index in [1.165, 1.54) is 32.1 Å². The molecule has 19 heavy (non-hydrogen) atoms. The van der Waals surface area contributed by atoms with E-state index in [4.69, 9.17) is 9.84 Å². The number of carbonyl (C=O) groups is 1. The second kappa shape index (κ2) is 7.88. The van der Waals surface area contributed by atoms with Crippen molar-refractivity contribution in [3.8, 4) is 0 Å². The van der Waals surface area contributed by atoms with Gasteiger partial charge in [0.1, 0.15) is 0 Å². The Labute approximate surface area is 117 Å². The van der Waals surface area contributed by atoms with Gasteiger partial charge >= 0.3 is 5.97 Å². The first-order valence-corrected chi connectivity index (χ1v) is 7.73. The molecular formula is C16H30O3. The van der Waals surface area contributed by atoms with Crippen LogP contribution in [0.3, 0.4) is 0 Å². The van der Waals surface area contributed by atoms with E-state index in [9.17, 15) is 4.79 Å². The molecule has 0 aromatic rings. The van der Waals surface area contributed by atoms with Gasteiger partial charge in [-0.15, -0.1) is 0 Å². The normalized spacial score (nSPS) is 20.3. The molecule has 1 fully saturated rings. The van der Waals surface area contributed by atoms with Gasteiger partial charge in [-0.1, -0.05) is 52.9 Å². The molecule has 3 heteroatoms. The van der Waals surface area contributed by atoms with Gasteiger partial charge in [0.15, 0.2) is 0 Å². The molecule has 1 N–H and O–H groups in total. The van der Waals surface area contributed by atoms with Crippen LogP contribution >= 0.6 is 0 Å². The number of epoxide rings is 1. The van der Waals surface area contributed by atoms with Gasteiger partial charge in [0, 0.05) is 0 Å². The lowest BCUT2D eigenvalue weighted by atomic mass is 9.89. The van der Waals surface area contributed by atoms with Crippen LogP contribution in [0, 0.1) is 11.3 Å². The number of aliphatic carboxylic acids is 1. The highest BCUT2D eigenvalue weighted by Gasteiger charge is 2.29. The second-order valence-corrected chi connectivity index (χ2v) is 7.09. The molecule has 2 atom stereocenters. The molecule has 0 amide bonds. The minimum Gasteiger partial charge on any atom is -0.481 e. The Balaban J connectivity index is 1.97. The lowest BCUT2D eigenvalue weighted by molar-refractivity contribution is -0.142. The number of carboxylic acids is 1. The molecule has 1 aliphatic heterocycles. The second-order valence-electron chi connectivity index (χ2n) is 7.09. The minimum absolute atomic E-state index is 0.193. The monoisotopic (exact) mass is 270 g/mol. The number of hydrogen-bond donors (Lipinski definition) is 1. The Hall–Kier alpha value is -0.570. The maximum atomic E-state index is 11.1. The first-order chi connectivity index (χ1) is 8.88. The zero-order chi connectivity index (χ0) is 14.3. The highest BCUT2D eigenvalue weighted by molar-refractivity contribution is 5.69. The molecule has 1 saturated heterocycles. The maximum Gasteiger partial charge on any atom is 0.306 e. The van der Waals surface area contributed by atoms with Gasteiger partial charge < -0.3 is 9.84 Å². The molecule has 0 aromatic carbocycles. The van der Waals surface area contributed by atoms with Crippen LogP contribution in [-0.2, 0) is 9.53 Å². The number of rotatable bonds is 10. The molecule has 3 nitrogen and oxygen atoms in total. The van der Waals surface area contributed by atoms with Crippen molar-refractivity contribution in [3.05, 3.63) is 0 Å². The molecule has 0 bridgehead atoms. The summed E-state index contributed by atoms with van der Waals surface area (Å²) in [4.78, 5) is 11.1. The summed E-state index contributed by atoms with van der Waals surface area (Å²) in [6.07, 6.45) is 9.05. The summed E-state index contributed by atoms with van der Waals surface area (Å²) < 4.78 is 5.12. The molecule has 0 saturated carbocycles. The molecular weight excluding hydrogens is 240 g/mol. The molecule has 0 spiro atoms. The molecule has 112 valence electrons. The van der Waals surface area contributed by atoms with Gasteiger partial charge in [0.05, 0.1) is 18.6 Å². The van der Waals surface area contributed by atoms with E-state index in [0.29, 0.717) is 11.8 Å². The number of carboxylic acid groups (broad SMARTS) is 1. The van der Waals surface area contributed by atoms with Crippen molar-refractivity contribution >= 4 is 5.97 Å². The highest BCUT2D eigenvalue weighted by Crippen LogP contribution is 2.25. The first-order valence-electron chi connectivity index (χ1n) is 7.73. The summed E-state index contributed by atoms with van der Waals surface area (Å²) in [5.41, 5.74) is 0.443. The Morgan fingerprint density at radius 1 is 1.21 bits per heavy atom. The average Bonchev–Trinajstić information content (AvgIpc) is 3.08. The van der Waals surface area contributed by atoms with E-state index in [2.05, 4.69) is 20.8 Å². The SMILES string of the molecule is CC(C)(C)CCCCCCCC(CC1CO1)C(=O)O. The van der Waals surface area contributed by atoms with Crippen molar-refractivity contribution < 1.29 is 14.6 Å². The molecule has 2 unspecified atom stereocenters. The van der Waals surface area contributed by atoms with Gasteiger partial charge in [-0.3, -0.25) is 4.79 Å². The van der Waals surface area contributed by atoms with E-state index in [1.807, 2.05) is 0 Å². The predicted octanol–water partition coefficient (Wildman–Crippen LogP) is 4.25. The van der Waals surface area contributed by atoms with Crippen molar-refractivity contribution in [2.45, 2.75) is 78.2 Å². The fraction of sp³-hybridized carbons (Fsp3) is 0.938. The fourth-order valence-corrected chi connectivity index (χ4v) is 2.44. The van der Waals surface area contributed by atoms with Crippen molar-refractivity contribution in [1.82, 2.24) is 0 Å². The standard InChI is InChI=1S/C16H30O3/c1-16(2,3)10-8-6-4-5-7-9-13(15(17)18)11-14-12-19-14/h13-14H,4-12H2,1-3H3,(H,17,18). The van der Waals surface area contributed by atoms with Crippen molar-refractivity contribution in [2.75, 3.05) is 6.61 Å². The maximum absolute atomic E-state index is 11.1. The summed E-state index contributed by atoms with van der Waals surface area (Å²) in [6, 6.07) is 0. The first kappa shape index (κ1) is 16.5. The Morgan fingerprint density at radius 2 is 1.79 bits per heavy atom. The van der Waals surface area contributed by atoms with Crippen LogP contribution in [0.2, 0.25) is 0 Å². The largest absolute Gasteiger partial charge is 0.481 e. The summed E-state index contributed by atoms with van der Waals surface area (Å²) in [6.45, 7) is 7.61. The van der Waals surface area contributed by atoms with Crippen LogP contribution in [0.4, 0.5) is 0 Å². The van der Waals surface area contributed by atoms with Gasteiger partial charge in [-0.2, -0.15) is 0 Å². The quantitative estimate of drug-likeness (QED) is 0.477. The number of hydrogen-bond acceptors (Lipinski definition) is 2. The van der Waals surface area contributed by atoms with Crippen LogP contribution < -0.4 is 0 Å². The van der Waals surface area contributed by atoms with Gasteiger partial charge in [-0.25, -0.2) is 0 Å². The van der Waals surface area contributed by atoms with E-state index in [-0.39, 0.29) is 12.0 Å². The number of ether oxygens (including phenoxy) is 1. The lowest BCUT2D eigenvalue weighted by Gasteiger charge is -2.17. The van der Waals surface area contributed by atoms with Gasteiger partial charge in [0.25, 0.3) is 0 Å². The van der Waals surface area contributed by atoms with Gasteiger partial charge in [0.2, 0.25) is 0 Å². The van der Waals surface area contributed by atoms with Crippen LogP contribution in [0.5, 0.6) is 0 Å². The molecule has 1 rings (SSSR count). The topological polar surface area (TPSA) is 49.8 Å². The summed E-state index contributed by atoms with van der Waals surface area (Å²) in [5.74, 6) is -0.842. The summed E-state index contributed by atoms with van der Waals surface area (Å²) in [5, 5.41) is 9.12. The van der Waals surface area contributed by atoms with Crippen LogP contribution in [0.1, 0.15) is 72.1 Å². The molecule has 0 aromatic heterocycles. The third kappa shape index (κ3) is 9.04. The van der Waals surface area contributed by atoms with E-state index in [1.54, 1.807) is 0 Å². The fourth-order valence-electron chi connectivity index (χ4n) is 2.44. The molecule has 0 radical (unpaired) electrons. The van der Waals surface area contributed by atoms with E-state index < -0.39 is 5.97 Å². The summed E-state index contributed by atoms with van der Waals surface area (Å²) in [7, 11) is 0. The zero-order valence-corrected chi connectivity index (χ0v) is 12.8. The molecule has 1 aliphatic rings. The van der Waals surface area contributed by atoms with Gasteiger partial charge in [-0.05, 0) is 24.7 Å².